The van der Waals surface area contributed by atoms with Crippen molar-refractivity contribution < 1.29 is 23.0 Å². The second-order valence-corrected chi connectivity index (χ2v) is 7.08. The third-order valence-corrected chi connectivity index (χ3v) is 5.11. The van der Waals surface area contributed by atoms with Gasteiger partial charge in [0.2, 0.25) is 0 Å². The lowest BCUT2D eigenvalue weighted by atomic mass is 9.81. The normalized spacial score (nSPS) is 21.2. The number of benzene rings is 2. The van der Waals surface area contributed by atoms with Crippen LogP contribution < -0.4 is 15.6 Å². The second kappa shape index (κ2) is 6.80. The minimum atomic E-state index is -0.692. The summed E-state index contributed by atoms with van der Waals surface area (Å²) in [6.45, 7) is 0. The molecule has 0 spiro atoms. The van der Waals surface area contributed by atoms with Gasteiger partial charge in [0, 0.05) is 12.5 Å². The number of aromatic nitrogens is 1. The number of anilines is 1. The van der Waals surface area contributed by atoms with Gasteiger partial charge in [-0.05, 0) is 42.3 Å². The summed E-state index contributed by atoms with van der Waals surface area (Å²) in [5, 5.41) is 6.18. The Hall–Kier alpha value is -3.55. The molecule has 0 fully saturated rings. The predicted octanol–water partition coefficient (Wildman–Crippen LogP) is 2.16. The molecular formula is C21H17F2N4O2+. The molecule has 0 radical (unpaired) electrons. The van der Waals surface area contributed by atoms with Crippen LogP contribution in [0.25, 0.3) is 11.1 Å². The Balaban J connectivity index is 1.55. The van der Waals surface area contributed by atoms with Crippen LogP contribution in [0.4, 0.5) is 14.8 Å². The summed E-state index contributed by atoms with van der Waals surface area (Å²) in [6.07, 6.45) is 2.93. The molecule has 1 aromatic heterocycles. The van der Waals surface area contributed by atoms with Crippen molar-refractivity contribution in [3.05, 3.63) is 71.4 Å². The molecule has 29 heavy (non-hydrogen) atoms. The van der Waals surface area contributed by atoms with E-state index in [4.69, 9.17) is 4.42 Å². The van der Waals surface area contributed by atoms with Gasteiger partial charge < -0.3 is 4.42 Å². The van der Waals surface area contributed by atoms with E-state index < -0.39 is 23.6 Å². The van der Waals surface area contributed by atoms with E-state index >= 15 is 0 Å². The number of nitrogens with one attached hydrogen (secondary N) is 3. The number of carbonyl (C=O) groups excluding carboxylic acids is 1. The molecule has 0 saturated carbocycles. The Kier molecular flexibility index (Phi) is 4.12. The Bertz CT molecular complexity index is 1130. The van der Waals surface area contributed by atoms with Crippen LogP contribution in [-0.2, 0) is 4.79 Å². The number of oxazole rings is 1. The molecule has 6 nitrogen and oxygen atoms in total. The summed E-state index contributed by atoms with van der Waals surface area (Å²) < 4.78 is 33.3. The average molecular weight is 395 g/mol. The predicted molar refractivity (Wildman–Crippen MR) is 102 cm³/mol. The molecule has 2 aliphatic rings. The summed E-state index contributed by atoms with van der Waals surface area (Å²) >= 11 is 0. The monoisotopic (exact) mass is 395 g/mol. The van der Waals surface area contributed by atoms with Crippen LogP contribution >= 0.6 is 0 Å². The number of ketones is 1. The standard InChI is InChI=1S/C21H16F2N4O2/c22-12-8-11(9-13(23)10-12)19-18-15(5-3-6-16(18)28)24-20(26-19)27-21-25-14-4-1-2-7-17(14)29-21/h1-2,4-5,7-10,18-19H,3,6H2,(H2,24,25,26,27)/p+1/t18-,19-/m1/s1. The first-order valence-electron chi connectivity index (χ1n) is 9.29. The number of guanidine groups is 1. The van der Waals surface area contributed by atoms with Gasteiger partial charge in [-0.2, -0.15) is 10.3 Å². The number of para-hydroxylation sites is 2. The van der Waals surface area contributed by atoms with Gasteiger partial charge in [-0.25, -0.2) is 14.1 Å². The molecule has 0 amide bonds. The molecule has 0 bridgehead atoms. The Labute approximate surface area is 164 Å². The maximum absolute atomic E-state index is 13.8. The Morgan fingerprint density at radius 3 is 2.76 bits per heavy atom. The summed E-state index contributed by atoms with van der Waals surface area (Å²) in [6, 6.07) is 10.2. The van der Waals surface area contributed by atoms with E-state index in [0.29, 0.717) is 41.2 Å². The topological polar surface area (TPSA) is 81.1 Å². The van der Waals surface area contributed by atoms with Crippen molar-refractivity contribution >= 4 is 28.9 Å². The second-order valence-electron chi connectivity index (χ2n) is 7.08. The first-order valence-corrected chi connectivity index (χ1v) is 9.29. The maximum Gasteiger partial charge on any atom is 0.365 e. The van der Waals surface area contributed by atoms with Crippen LogP contribution in [0.2, 0.25) is 0 Å². The number of allylic oxidation sites excluding steroid dienone is 1. The van der Waals surface area contributed by atoms with Gasteiger partial charge in [0.1, 0.15) is 34.9 Å². The van der Waals surface area contributed by atoms with Crippen LogP contribution in [0.15, 0.2) is 58.7 Å². The number of fused-ring (bicyclic) bond motifs is 2. The molecule has 0 unspecified atom stereocenters. The van der Waals surface area contributed by atoms with Gasteiger partial charge in [0.25, 0.3) is 0 Å². The third kappa shape index (κ3) is 3.26. The number of rotatable bonds is 2. The van der Waals surface area contributed by atoms with Gasteiger partial charge in [0.05, 0.1) is 5.70 Å². The minimum Gasteiger partial charge on any atom is -0.412 e. The van der Waals surface area contributed by atoms with E-state index in [0.717, 1.165) is 6.07 Å². The van der Waals surface area contributed by atoms with Crippen LogP contribution in [0.5, 0.6) is 0 Å². The Morgan fingerprint density at radius 2 is 1.97 bits per heavy atom. The molecule has 2 aromatic carbocycles. The van der Waals surface area contributed by atoms with E-state index in [-0.39, 0.29) is 11.8 Å². The van der Waals surface area contributed by atoms with Gasteiger partial charge in [-0.3, -0.25) is 9.79 Å². The molecule has 8 heteroatoms. The van der Waals surface area contributed by atoms with Crippen LogP contribution in [0.3, 0.4) is 0 Å². The number of nitrogens with zero attached hydrogens (tertiary/aromatic N) is 1. The summed E-state index contributed by atoms with van der Waals surface area (Å²) in [4.78, 5) is 20.1. The first kappa shape index (κ1) is 17.5. The fraction of sp³-hybridized carbons (Fsp3) is 0.190. The highest BCUT2D eigenvalue weighted by molar-refractivity contribution is 5.93. The maximum atomic E-state index is 13.8. The quantitative estimate of drug-likeness (QED) is 0.620. The fourth-order valence-electron chi connectivity index (χ4n) is 3.87. The van der Waals surface area contributed by atoms with Crippen LogP contribution in [0.1, 0.15) is 24.4 Å². The highest BCUT2D eigenvalue weighted by atomic mass is 19.1. The molecule has 3 aromatic rings. The van der Waals surface area contributed by atoms with Crippen molar-refractivity contribution in [2.45, 2.75) is 18.9 Å². The zero-order chi connectivity index (χ0) is 20.0. The summed E-state index contributed by atoms with van der Waals surface area (Å²) in [5.41, 5.74) is 2.36. The summed E-state index contributed by atoms with van der Waals surface area (Å²) in [7, 11) is 0. The number of hydrogen-bond donors (Lipinski definition) is 3. The van der Waals surface area contributed by atoms with E-state index in [2.05, 4.69) is 20.6 Å². The molecule has 1 aliphatic heterocycles. The van der Waals surface area contributed by atoms with Crippen LogP contribution in [0, 0.1) is 17.6 Å². The SMILES string of the molecule is O=C1CCC=C2NC(Nc3nc4ccccc4o3)=[NH+][C@H](c3cc(F)cc(F)c3)[C@@H]12. The third-order valence-electron chi connectivity index (χ3n) is 5.11. The number of hydrogen-bond acceptors (Lipinski definition) is 5. The smallest absolute Gasteiger partial charge is 0.365 e. The first-order chi connectivity index (χ1) is 14.1. The molecule has 0 saturated heterocycles. The number of carbonyl (C=O) groups is 1. The van der Waals surface area contributed by atoms with Crippen molar-refractivity contribution in [1.82, 2.24) is 10.3 Å². The minimum absolute atomic E-state index is 0.0121. The molecule has 146 valence electrons. The highest BCUT2D eigenvalue weighted by Crippen LogP contribution is 2.31. The number of Topliss-reactive ketones (excluding diaryl/α,β-unsaturated/α-hetero) is 1. The molecule has 3 N–H and O–H groups in total. The van der Waals surface area contributed by atoms with Gasteiger partial charge in [-0.15, -0.1) is 0 Å². The lowest BCUT2D eigenvalue weighted by molar-refractivity contribution is -0.522. The van der Waals surface area contributed by atoms with E-state index in [1.165, 1.54) is 12.1 Å². The lowest BCUT2D eigenvalue weighted by Crippen LogP contribution is -2.84. The van der Waals surface area contributed by atoms with E-state index in [1.807, 2.05) is 24.3 Å². The van der Waals surface area contributed by atoms with Crippen molar-refractivity contribution in [2.75, 3.05) is 5.32 Å². The van der Waals surface area contributed by atoms with E-state index in [1.54, 1.807) is 6.07 Å². The lowest BCUT2D eigenvalue weighted by Gasteiger charge is -2.30. The zero-order valence-electron chi connectivity index (χ0n) is 15.2. The van der Waals surface area contributed by atoms with Crippen molar-refractivity contribution in [3.8, 4) is 0 Å². The van der Waals surface area contributed by atoms with E-state index in [9.17, 15) is 13.6 Å². The molecule has 2 heterocycles. The van der Waals surface area contributed by atoms with Gasteiger partial charge >= 0.3 is 12.0 Å². The largest absolute Gasteiger partial charge is 0.412 e. The van der Waals surface area contributed by atoms with Crippen molar-refractivity contribution in [2.24, 2.45) is 5.92 Å². The molecule has 5 rings (SSSR count). The Morgan fingerprint density at radius 1 is 1.17 bits per heavy atom. The van der Waals surface area contributed by atoms with Crippen LogP contribution in [-0.4, -0.2) is 16.7 Å². The molecule has 1 aliphatic carbocycles. The summed E-state index contributed by atoms with van der Waals surface area (Å²) in [5.74, 6) is -1.51. The average Bonchev–Trinajstić information content (AvgIpc) is 3.09. The van der Waals surface area contributed by atoms with Gasteiger partial charge in [-0.1, -0.05) is 12.1 Å². The zero-order valence-corrected chi connectivity index (χ0v) is 15.2. The number of halogens is 2. The molecular weight excluding hydrogens is 378 g/mol. The van der Waals surface area contributed by atoms with Gasteiger partial charge in [0.15, 0.2) is 5.58 Å². The molecule has 2 atom stereocenters. The van der Waals surface area contributed by atoms with Crippen molar-refractivity contribution in [3.63, 3.8) is 0 Å². The fourth-order valence-corrected chi connectivity index (χ4v) is 3.87. The highest BCUT2D eigenvalue weighted by Gasteiger charge is 2.41. The van der Waals surface area contributed by atoms with Crippen molar-refractivity contribution in [1.29, 1.82) is 0 Å².